The molecule has 3 heterocycles. The number of hydrogen-bond donors (Lipinski definition) is 2. The average molecular weight is 568 g/mol. The minimum Gasteiger partial charge on any atom is -0.443 e. The van der Waals surface area contributed by atoms with E-state index in [-0.39, 0.29) is 52.9 Å². The van der Waals surface area contributed by atoms with Crippen molar-refractivity contribution in [3.8, 4) is 0 Å². The zero-order chi connectivity index (χ0) is 29.5. The lowest BCUT2D eigenvalue weighted by molar-refractivity contribution is 0.00522. The minimum atomic E-state index is -0.727. The van der Waals surface area contributed by atoms with E-state index in [1.807, 2.05) is 0 Å². The summed E-state index contributed by atoms with van der Waals surface area (Å²) >= 11 is 0. The van der Waals surface area contributed by atoms with Crippen LogP contribution in [0.4, 0.5) is 22.0 Å². The predicted octanol–water partition coefficient (Wildman–Crippen LogP) is 3.26. The van der Waals surface area contributed by atoms with Gasteiger partial charge in [0.15, 0.2) is 17.2 Å². The molecule has 2 N–H and O–H groups in total. The van der Waals surface area contributed by atoms with Crippen molar-refractivity contribution in [2.24, 2.45) is 0 Å². The van der Waals surface area contributed by atoms with Gasteiger partial charge in [0, 0.05) is 39.6 Å². The Balaban J connectivity index is 1.51. The fraction of sp³-hybridized carbons (Fsp3) is 0.536. The molecular formula is C28H37N7O6. The topological polar surface area (TPSA) is 141 Å². The number of pyridine rings is 1. The van der Waals surface area contributed by atoms with Crippen LogP contribution in [0.2, 0.25) is 0 Å². The summed E-state index contributed by atoms with van der Waals surface area (Å²) in [6.07, 6.45) is 5.84. The fourth-order valence-electron chi connectivity index (χ4n) is 4.99. The number of hydrogen-bond acceptors (Lipinski definition) is 9. The van der Waals surface area contributed by atoms with Crippen molar-refractivity contribution < 1.29 is 23.8 Å². The van der Waals surface area contributed by atoms with Crippen LogP contribution in [0.25, 0.3) is 5.65 Å². The standard InChI is InChI=1S/C28H37N7O6/c1-28(2,3)41-27(38)33(4)20-14-23(30-19-8-7-11-34(26(19)37)16-12-17(13-16)39-5)32-35-21(15-29-24(20)35)25(36)31-18-9-10-22(18)40-6/h7-8,11,14-18,22H,9-10,12-13H2,1-6H3,(H,30,32)(H,31,36)/t16-,17-,18-,22-/m1/s1. The second-order valence-electron chi connectivity index (χ2n) is 11.5. The zero-order valence-electron chi connectivity index (χ0n) is 24.2. The second-order valence-corrected chi connectivity index (χ2v) is 11.5. The van der Waals surface area contributed by atoms with E-state index in [2.05, 4.69) is 20.7 Å². The van der Waals surface area contributed by atoms with Crippen LogP contribution < -0.4 is 21.1 Å². The molecule has 2 atom stereocenters. The summed E-state index contributed by atoms with van der Waals surface area (Å²) in [5.41, 5.74) is 0.151. The Bertz CT molecular complexity index is 1500. The largest absolute Gasteiger partial charge is 0.443 e. The summed E-state index contributed by atoms with van der Waals surface area (Å²) < 4.78 is 19.4. The Kier molecular flexibility index (Phi) is 7.75. The van der Waals surface area contributed by atoms with Gasteiger partial charge in [0.25, 0.3) is 11.5 Å². The van der Waals surface area contributed by atoms with Gasteiger partial charge < -0.3 is 29.4 Å². The number of amides is 2. The highest BCUT2D eigenvalue weighted by molar-refractivity contribution is 5.96. The fourth-order valence-corrected chi connectivity index (χ4v) is 4.99. The molecule has 0 spiro atoms. The van der Waals surface area contributed by atoms with Crippen LogP contribution >= 0.6 is 0 Å². The summed E-state index contributed by atoms with van der Waals surface area (Å²) in [6, 6.07) is 4.98. The number of imidazole rings is 1. The van der Waals surface area contributed by atoms with E-state index >= 15 is 0 Å². The molecule has 2 saturated carbocycles. The van der Waals surface area contributed by atoms with Crippen molar-refractivity contribution in [2.75, 3.05) is 31.5 Å². The maximum absolute atomic E-state index is 13.3. The number of carbonyl (C=O) groups is 2. The van der Waals surface area contributed by atoms with Gasteiger partial charge in [0.05, 0.1) is 30.1 Å². The van der Waals surface area contributed by atoms with Crippen LogP contribution in [-0.2, 0) is 14.2 Å². The number of anilines is 3. The minimum absolute atomic E-state index is 0.0462. The Morgan fingerprint density at radius 3 is 2.54 bits per heavy atom. The highest BCUT2D eigenvalue weighted by Gasteiger charge is 2.34. The number of methoxy groups -OCH3 is 2. The molecule has 13 heteroatoms. The molecule has 2 amide bonds. The van der Waals surface area contributed by atoms with E-state index in [1.165, 1.54) is 15.6 Å². The summed E-state index contributed by atoms with van der Waals surface area (Å²) in [5.74, 6) is -0.133. The predicted molar refractivity (Wildman–Crippen MR) is 152 cm³/mol. The van der Waals surface area contributed by atoms with Crippen molar-refractivity contribution in [1.29, 1.82) is 0 Å². The third-order valence-electron chi connectivity index (χ3n) is 7.57. The van der Waals surface area contributed by atoms with Crippen LogP contribution in [0.1, 0.15) is 63.0 Å². The molecule has 0 unspecified atom stereocenters. The summed E-state index contributed by atoms with van der Waals surface area (Å²) in [7, 11) is 4.84. The first-order valence-electron chi connectivity index (χ1n) is 13.7. The first-order valence-corrected chi connectivity index (χ1v) is 13.7. The molecule has 3 aromatic rings. The molecule has 2 aliphatic carbocycles. The molecule has 13 nitrogen and oxygen atoms in total. The Morgan fingerprint density at radius 1 is 1.15 bits per heavy atom. The lowest BCUT2D eigenvalue weighted by Gasteiger charge is -2.35. The molecule has 0 saturated heterocycles. The quantitative estimate of drug-likeness (QED) is 0.419. The number of carbonyl (C=O) groups excluding carboxylic acids is 2. The smallest absolute Gasteiger partial charge is 0.414 e. The number of aromatic nitrogens is 4. The number of rotatable bonds is 8. The van der Waals surface area contributed by atoms with Crippen LogP contribution in [0, 0.1) is 0 Å². The van der Waals surface area contributed by atoms with Gasteiger partial charge >= 0.3 is 6.09 Å². The van der Waals surface area contributed by atoms with Crippen LogP contribution in [-0.4, -0.2) is 76.3 Å². The van der Waals surface area contributed by atoms with Gasteiger partial charge in [-0.15, -0.1) is 5.10 Å². The van der Waals surface area contributed by atoms with Crippen molar-refractivity contribution in [3.63, 3.8) is 0 Å². The summed E-state index contributed by atoms with van der Waals surface area (Å²) in [4.78, 5) is 45.3. The normalized spacial score (nSPS) is 22.0. The molecule has 220 valence electrons. The molecule has 2 aliphatic rings. The van der Waals surface area contributed by atoms with Crippen LogP contribution in [0.3, 0.4) is 0 Å². The second kappa shape index (κ2) is 11.1. The van der Waals surface area contributed by atoms with Gasteiger partial charge in [0.1, 0.15) is 11.3 Å². The van der Waals surface area contributed by atoms with Crippen molar-refractivity contribution in [1.82, 2.24) is 24.5 Å². The molecule has 2 fully saturated rings. The molecular weight excluding hydrogens is 530 g/mol. The van der Waals surface area contributed by atoms with E-state index in [9.17, 15) is 14.4 Å². The molecule has 0 bridgehead atoms. The Labute approximate surface area is 237 Å². The summed E-state index contributed by atoms with van der Waals surface area (Å²) in [5, 5.41) is 10.7. The number of ether oxygens (including phenoxy) is 3. The van der Waals surface area contributed by atoms with Crippen LogP contribution in [0.15, 0.2) is 35.4 Å². The lowest BCUT2D eigenvalue weighted by atomic mass is 9.89. The number of nitrogens with zero attached hydrogens (tertiary/aromatic N) is 5. The van der Waals surface area contributed by atoms with Gasteiger partial charge in [0.2, 0.25) is 0 Å². The SMILES string of the molecule is CO[C@@H]1CC[C@H]1NC(=O)c1cnc2c(N(C)C(=O)OC(C)(C)C)cc(Nc3cccn([C@H]4C[C@H](OC)C4)c3=O)nn12. The highest BCUT2D eigenvalue weighted by atomic mass is 16.6. The van der Waals surface area contributed by atoms with Gasteiger partial charge in [-0.05, 0) is 58.6 Å². The van der Waals surface area contributed by atoms with E-state index in [1.54, 1.807) is 71.0 Å². The van der Waals surface area contributed by atoms with Gasteiger partial charge in [-0.2, -0.15) is 0 Å². The third-order valence-corrected chi connectivity index (χ3v) is 7.57. The molecule has 0 radical (unpaired) electrons. The van der Waals surface area contributed by atoms with Gasteiger partial charge in [-0.1, -0.05) is 0 Å². The van der Waals surface area contributed by atoms with E-state index < -0.39 is 11.7 Å². The van der Waals surface area contributed by atoms with Crippen molar-refractivity contribution in [3.05, 3.63) is 46.6 Å². The first-order chi connectivity index (χ1) is 19.5. The van der Waals surface area contributed by atoms with Gasteiger partial charge in [-0.25, -0.2) is 14.3 Å². The molecule has 5 rings (SSSR count). The first kappa shape index (κ1) is 28.6. The highest BCUT2D eigenvalue weighted by Crippen LogP contribution is 2.33. The van der Waals surface area contributed by atoms with E-state index in [0.717, 1.165) is 25.7 Å². The number of nitrogens with one attached hydrogen (secondary N) is 2. The van der Waals surface area contributed by atoms with Crippen LogP contribution in [0.5, 0.6) is 0 Å². The Hall–Kier alpha value is -3.97. The lowest BCUT2D eigenvalue weighted by Crippen LogP contribution is -2.51. The third kappa shape index (κ3) is 5.77. The molecule has 41 heavy (non-hydrogen) atoms. The maximum Gasteiger partial charge on any atom is 0.414 e. The zero-order valence-corrected chi connectivity index (χ0v) is 24.2. The van der Waals surface area contributed by atoms with Crippen molar-refractivity contribution in [2.45, 2.75) is 76.3 Å². The Morgan fingerprint density at radius 2 is 1.90 bits per heavy atom. The molecule has 3 aromatic heterocycles. The molecule has 0 aliphatic heterocycles. The van der Waals surface area contributed by atoms with Crippen molar-refractivity contribution >= 4 is 34.8 Å². The monoisotopic (exact) mass is 567 g/mol. The average Bonchev–Trinajstić information content (AvgIpc) is 3.30. The maximum atomic E-state index is 13.3. The van der Waals surface area contributed by atoms with Gasteiger partial charge in [-0.3, -0.25) is 14.5 Å². The number of fused-ring (bicyclic) bond motifs is 1. The van der Waals surface area contributed by atoms with E-state index in [0.29, 0.717) is 11.4 Å². The molecule has 0 aromatic carbocycles. The van der Waals surface area contributed by atoms with E-state index in [4.69, 9.17) is 14.2 Å². The summed E-state index contributed by atoms with van der Waals surface area (Å²) in [6.45, 7) is 5.32.